The molecule has 2 nitrogen and oxygen atoms in total. The van der Waals surface area contributed by atoms with Crippen LogP contribution in [0, 0.1) is 6.92 Å². The number of alkyl halides is 1. The third-order valence-corrected chi connectivity index (χ3v) is 2.58. The molecule has 0 spiro atoms. The standard InChI is InChI=1S/C11H10BrNO/c1-8-3-2-4-9(5-8)11-10(6-12)13-7-14-11/h2-5,7H,6H2,1H3. The van der Waals surface area contributed by atoms with Crippen molar-refractivity contribution < 1.29 is 4.42 Å². The van der Waals surface area contributed by atoms with Crippen molar-refractivity contribution in [3.05, 3.63) is 41.9 Å². The first kappa shape index (κ1) is 9.46. The van der Waals surface area contributed by atoms with E-state index in [4.69, 9.17) is 4.42 Å². The normalized spacial score (nSPS) is 10.4. The Bertz CT molecular complexity index is 436. The molecule has 0 aliphatic heterocycles. The summed E-state index contributed by atoms with van der Waals surface area (Å²) >= 11 is 3.38. The number of benzene rings is 1. The topological polar surface area (TPSA) is 26.0 Å². The second kappa shape index (κ2) is 3.96. The summed E-state index contributed by atoms with van der Waals surface area (Å²) in [5.41, 5.74) is 3.24. The van der Waals surface area contributed by atoms with E-state index in [0.717, 1.165) is 17.0 Å². The Morgan fingerprint density at radius 1 is 1.43 bits per heavy atom. The minimum atomic E-state index is 0.715. The summed E-state index contributed by atoms with van der Waals surface area (Å²) in [5, 5.41) is 0.715. The van der Waals surface area contributed by atoms with E-state index < -0.39 is 0 Å². The summed E-state index contributed by atoms with van der Waals surface area (Å²) in [6, 6.07) is 8.20. The fraction of sp³-hybridized carbons (Fsp3) is 0.182. The Morgan fingerprint density at radius 3 is 3.00 bits per heavy atom. The summed E-state index contributed by atoms with van der Waals surface area (Å²) in [5.74, 6) is 0.852. The van der Waals surface area contributed by atoms with Gasteiger partial charge in [-0.05, 0) is 13.0 Å². The maximum absolute atomic E-state index is 5.36. The zero-order valence-electron chi connectivity index (χ0n) is 7.83. The molecule has 0 amide bonds. The number of hydrogen-bond donors (Lipinski definition) is 0. The van der Waals surface area contributed by atoms with Crippen LogP contribution in [0.3, 0.4) is 0 Å². The second-order valence-electron chi connectivity index (χ2n) is 3.13. The fourth-order valence-corrected chi connectivity index (χ4v) is 1.78. The number of oxazole rings is 1. The predicted octanol–water partition coefficient (Wildman–Crippen LogP) is 3.54. The third-order valence-electron chi connectivity index (χ3n) is 2.05. The summed E-state index contributed by atoms with van der Waals surface area (Å²) in [7, 11) is 0. The molecule has 0 saturated carbocycles. The van der Waals surface area contributed by atoms with Gasteiger partial charge in [0.2, 0.25) is 0 Å². The van der Waals surface area contributed by atoms with Gasteiger partial charge in [-0.3, -0.25) is 0 Å². The molecule has 1 aromatic carbocycles. The smallest absolute Gasteiger partial charge is 0.181 e. The third kappa shape index (κ3) is 1.73. The highest BCUT2D eigenvalue weighted by Gasteiger charge is 2.08. The van der Waals surface area contributed by atoms with E-state index in [9.17, 15) is 0 Å². The number of nitrogens with zero attached hydrogens (tertiary/aromatic N) is 1. The van der Waals surface area contributed by atoms with Gasteiger partial charge in [-0.2, -0.15) is 0 Å². The van der Waals surface area contributed by atoms with E-state index in [0.29, 0.717) is 5.33 Å². The summed E-state index contributed by atoms with van der Waals surface area (Å²) in [6.45, 7) is 2.06. The highest BCUT2D eigenvalue weighted by Crippen LogP contribution is 2.25. The Labute approximate surface area is 91.1 Å². The van der Waals surface area contributed by atoms with Crippen LogP contribution < -0.4 is 0 Å². The number of aryl methyl sites for hydroxylation is 1. The number of aromatic nitrogens is 1. The van der Waals surface area contributed by atoms with Crippen molar-refractivity contribution in [3.8, 4) is 11.3 Å². The lowest BCUT2D eigenvalue weighted by Crippen LogP contribution is -1.83. The van der Waals surface area contributed by atoms with Crippen molar-refractivity contribution in [1.29, 1.82) is 0 Å². The van der Waals surface area contributed by atoms with Crippen LogP contribution in [0.25, 0.3) is 11.3 Å². The van der Waals surface area contributed by atoms with Gasteiger partial charge in [0.1, 0.15) is 0 Å². The molecule has 0 atom stereocenters. The van der Waals surface area contributed by atoms with Crippen LogP contribution in [0.2, 0.25) is 0 Å². The summed E-state index contributed by atoms with van der Waals surface area (Å²) in [4.78, 5) is 4.13. The first-order valence-electron chi connectivity index (χ1n) is 4.36. The molecule has 1 aromatic heterocycles. The quantitative estimate of drug-likeness (QED) is 0.764. The van der Waals surface area contributed by atoms with Gasteiger partial charge in [0.25, 0.3) is 0 Å². The zero-order valence-corrected chi connectivity index (χ0v) is 9.41. The SMILES string of the molecule is Cc1cccc(-c2ocnc2CBr)c1. The summed E-state index contributed by atoms with van der Waals surface area (Å²) in [6.07, 6.45) is 1.48. The fourth-order valence-electron chi connectivity index (χ4n) is 1.39. The highest BCUT2D eigenvalue weighted by atomic mass is 79.9. The maximum Gasteiger partial charge on any atom is 0.181 e. The first-order valence-corrected chi connectivity index (χ1v) is 5.49. The van der Waals surface area contributed by atoms with Gasteiger partial charge in [0, 0.05) is 10.9 Å². The van der Waals surface area contributed by atoms with Crippen LogP contribution >= 0.6 is 15.9 Å². The largest absolute Gasteiger partial charge is 0.443 e. The van der Waals surface area contributed by atoms with Gasteiger partial charge in [-0.1, -0.05) is 39.7 Å². The van der Waals surface area contributed by atoms with Crippen molar-refractivity contribution in [2.75, 3.05) is 0 Å². The minimum Gasteiger partial charge on any atom is -0.443 e. The molecule has 0 unspecified atom stereocenters. The van der Waals surface area contributed by atoms with Gasteiger partial charge in [-0.15, -0.1) is 0 Å². The Hall–Kier alpha value is -1.09. The minimum absolute atomic E-state index is 0.715. The van der Waals surface area contributed by atoms with E-state index >= 15 is 0 Å². The molecule has 0 aliphatic rings. The Balaban J connectivity index is 2.49. The highest BCUT2D eigenvalue weighted by molar-refractivity contribution is 9.08. The van der Waals surface area contributed by atoms with Crippen LogP contribution in [-0.2, 0) is 5.33 Å². The van der Waals surface area contributed by atoms with Crippen LogP contribution in [0.4, 0.5) is 0 Å². The zero-order chi connectivity index (χ0) is 9.97. The summed E-state index contributed by atoms with van der Waals surface area (Å²) < 4.78 is 5.36. The molecule has 72 valence electrons. The lowest BCUT2D eigenvalue weighted by Gasteiger charge is -1.99. The molecule has 0 fully saturated rings. The van der Waals surface area contributed by atoms with E-state index in [1.807, 2.05) is 12.1 Å². The number of halogens is 1. The van der Waals surface area contributed by atoms with Crippen molar-refractivity contribution >= 4 is 15.9 Å². The monoisotopic (exact) mass is 251 g/mol. The molecule has 2 aromatic rings. The number of rotatable bonds is 2. The molecule has 0 bridgehead atoms. The lowest BCUT2D eigenvalue weighted by molar-refractivity contribution is 0.571. The van der Waals surface area contributed by atoms with Crippen LogP contribution in [-0.4, -0.2) is 4.98 Å². The predicted molar refractivity (Wildman–Crippen MR) is 59.3 cm³/mol. The van der Waals surface area contributed by atoms with Gasteiger partial charge >= 0.3 is 0 Å². The molecule has 0 N–H and O–H groups in total. The van der Waals surface area contributed by atoms with Crippen LogP contribution in [0.15, 0.2) is 35.1 Å². The van der Waals surface area contributed by atoms with E-state index in [-0.39, 0.29) is 0 Å². The van der Waals surface area contributed by atoms with Crippen molar-refractivity contribution in [1.82, 2.24) is 4.98 Å². The average Bonchev–Trinajstić information content (AvgIpc) is 2.65. The van der Waals surface area contributed by atoms with Gasteiger partial charge < -0.3 is 4.42 Å². The van der Waals surface area contributed by atoms with Gasteiger partial charge in [0.15, 0.2) is 12.2 Å². The van der Waals surface area contributed by atoms with Crippen molar-refractivity contribution in [3.63, 3.8) is 0 Å². The molecular weight excluding hydrogens is 242 g/mol. The van der Waals surface area contributed by atoms with E-state index in [1.54, 1.807) is 0 Å². The average molecular weight is 252 g/mol. The molecule has 3 heteroatoms. The molecular formula is C11H10BrNO. The molecule has 0 aliphatic carbocycles. The maximum atomic E-state index is 5.36. The lowest BCUT2D eigenvalue weighted by atomic mass is 10.1. The Morgan fingerprint density at radius 2 is 2.29 bits per heavy atom. The second-order valence-corrected chi connectivity index (χ2v) is 3.69. The molecule has 2 rings (SSSR count). The first-order chi connectivity index (χ1) is 6.81. The van der Waals surface area contributed by atoms with Gasteiger partial charge in [-0.25, -0.2) is 4.98 Å². The van der Waals surface area contributed by atoms with Crippen molar-refractivity contribution in [2.24, 2.45) is 0 Å². The van der Waals surface area contributed by atoms with E-state index in [1.165, 1.54) is 12.0 Å². The number of hydrogen-bond acceptors (Lipinski definition) is 2. The van der Waals surface area contributed by atoms with Gasteiger partial charge in [0.05, 0.1) is 5.69 Å². The van der Waals surface area contributed by atoms with Crippen LogP contribution in [0.5, 0.6) is 0 Å². The molecule has 0 radical (unpaired) electrons. The van der Waals surface area contributed by atoms with Crippen LogP contribution in [0.1, 0.15) is 11.3 Å². The molecule has 14 heavy (non-hydrogen) atoms. The van der Waals surface area contributed by atoms with Crippen molar-refractivity contribution in [2.45, 2.75) is 12.3 Å². The Kier molecular flexibility index (Phi) is 2.68. The van der Waals surface area contributed by atoms with E-state index in [2.05, 4.69) is 40.0 Å². The molecule has 1 heterocycles. The molecule has 0 saturated heterocycles.